The predicted octanol–water partition coefficient (Wildman–Crippen LogP) is 4.66. The number of aromatic nitrogens is 5. The van der Waals surface area contributed by atoms with Crippen molar-refractivity contribution in [3.63, 3.8) is 0 Å². The summed E-state index contributed by atoms with van der Waals surface area (Å²) in [7, 11) is 0. The summed E-state index contributed by atoms with van der Waals surface area (Å²) in [4.78, 5) is 22.1. The van der Waals surface area contributed by atoms with Crippen LogP contribution in [0.4, 0.5) is 11.6 Å². The first-order chi connectivity index (χ1) is 18.6. The molecule has 2 unspecified atom stereocenters. The Kier molecular flexibility index (Phi) is 5.36. The molecule has 190 valence electrons. The number of nitrogens with one attached hydrogen (secondary N) is 2. The van der Waals surface area contributed by atoms with Gasteiger partial charge in [0.15, 0.2) is 11.2 Å². The van der Waals surface area contributed by atoms with Gasteiger partial charge in [0.1, 0.15) is 0 Å². The van der Waals surface area contributed by atoms with Crippen molar-refractivity contribution in [2.75, 3.05) is 5.32 Å². The molecule has 4 fully saturated rings. The van der Waals surface area contributed by atoms with Crippen LogP contribution in [0, 0.1) is 34.5 Å². The summed E-state index contributed by atoms with van der Waals surface area (Å²) in [6.07, 6.45) is 9.08. The van der Waals surface area contributed by atoms with E-state index in [1.165, 1.54) is 25.7 Å². The highest BCUT2D eigenvalue weighted by Crippen LogP contribution is 2.64. The van der Waals surface area contributed by atoms with Gasteiger partial charge >= 0.3 is 0 Å². The molecule has 9 heteroatoms. The molecule has 4 saturated carbocycles. The molecule has 4 aromatic rings. The minimum atomic E-state index is 0.147. The maximum absolute atomic E-state index is 13.1. The molecule has 38 heavy (non-hydrogen) atoms. The molecule has 2 aromatic heterocycles. The number of nitriles is 1. The lowest BCUT2D eigenvalue weighted by atomic mass is 9.45. The van der Waals surface area contributed by atoms with Crippen LogP contribution in [0.3, 0.4) is 0 Å². The van der Waals surface area contributed by atoms with Gasteiger partial charge in [-0.15, -0.1) is 5.10 Å². The predicted molar refractivity (Wildman–Crippen MR) is 141 cm³/mol. The van der Waals surface area contributed by atoms with Crippen LogP contribution in [0.2, 0.25) is 0 Å². The van der Waals surface area contributed by atoms with E-state index in [1.807, 2.05) is 30.3 Å². The van der Waals surface area contributed by atoms with Gasteiger partial charge < -0.3 is 10.6 Å². The van der Waals surface area contributed by atoms with Crippen LogP contribution >= 0.6 is 0 Å². The molecular formula is C29H28N8O. The Morgan fingerprint density at radius 2 is 1.95 bits per heavy atom. The van der Waals surface area contributed by atoms with E-state index in [9.17, 15) is 4.79 Å². The first-order valence-electron chi connectivity index (χ1n) is 13.3. The number of amides is 1. The fraction of sp³-hybridized carbons (Fsp3) is 0.379. The maximum atomic E-state index is 13.1. The van der Waals surface area contributed by atoms with Crippen molar-refractivity contribution in [1.29, 1.82) is 5.26 Å². The summed E-state index contributed by atoms with van der Waals surface area (Å²) in [6.45, 7) is 0.479. The highest BCUT2D eigenvalue weighted by molar-refractivity contribution is 5.79. The Bertz CT molecular complexity index is 1580. The molecular weight excluding hydrogens is 476 g/mol. The highest BCUT2D eigenvalue weighted by Gasteiger charge is 2.54. The lowest BCUT2D eigenvalue weighted by Crippen LogP contribution is -2.51. The van der Waals surface area contributed by atoms with Crippen molar-refractivity contribution >= 4 is 28.7 Å². The van der Waals surface area contributed by atoms with Gasteiger partial charge in [0.2, 0.25) is 11.9 Å². The van der Waals surface area contributed by atoms with E-state index in [2.05, 4.69) is 37.0 Å². The standard InChI is InChI=1S/C29H28N8O/c30-15-18-3-1-5-23(9-18)33-28-32-17-25-26(34-28)37(36-35-25)24-6-2-4-19(10-24)16-31-27(38)22-8-20-7-21-12-29(11-20,13-21)14-22/h1-6,9-10,17,20-22H,7-8,11-14,16H2,(H,31,38)(H,32,33,34). The number of anilines is 2. The molecule has 0 saturated heterocycles. The zero-order chi connectivity index (χ0) is 25.7. The summed E-state index contributed by atoms with van der Waals surface area (Å²) < 4.78 is 1.67. The normalized spacial score (nSPS) is 25.3. The Labute approximate surface area is 220 Å². The smallest absolute Gasteiger partial charge is 0.229 e. The molecule has 2 atom stereocenters. The van der Waals surface area contributed by atoms with Gasteiger partial charge in [0.05, 0.1) is 23.5 Å². The minimum Gasteiger partial charge on any atom is -0.352 e. The Morgan fingerprint density at radius 3 is 2.82 bits per heavy atom. The third-order valence-electron chi connectivity index (χ3n) is 8.56. The second-order valence-electron chi connectivity index (χ2n) is 11.3. The van der Waals surface area contributed by atoms with Crippen LogP contribution in [0.5, 0.6) is 0 Å². The van der Waals surface area contributed by atoms with Crippen LogP contribution in [0.25, 0.3) is 16.9 Å². The van der Waals surface area contributed by atoms with Crippen molar-refractivity contribution in [2.24, 2.45) is 23.2 Å². The van der Waals surface area contributed by atoms with Gasteiger partial charge in [-0.1, -0.05) is 23.4 Å². The average Bonchev–Trinajstić information content (AvgIpc) is 3.34. The number of carbonyl (C=O) groups excluding carboxylic acids is 1. The Morgan fingerprint density at radius 1 is 1.08 bits per heavy atom. The van der Waals surface area contributed by atoms with Gasteiger partial charge in [-0.25, -0.2) is 4.98 Å². The number of rotatable bonds is 6. The molecule has 4 aliphatic rings. The molecule has 2 aromatic carbocycles. The van der Waals surface area contributed by atoms with E-state index in [4.69, 9.17) is 5.26 Å². The number of carbonyl (C=O) groups is 1. The summed E-state index contributed by atoms with van der Waals surface area (Å²) in [5.41, 5.74) is 4.68. The largest absolute Gasteiger partial charge is 0.352 e. The fourth-order valence-corrected chi connectivity index (χ4v) is 7.19. The van der Waals surface area contributed by atoms with E-state index < -0.39 is 0 Å². The molecule has 1 spiro atoms. The lowest BCUT2D eigenvalue weighted by molar-refractivity contribution is -0.138. The topological polar surface area (TPSA) is 121 Å². The van der Waals surface area contributed by atoms with E-state index >= 15 is 0 Å². The van der Waals surface area contributed by atoms with Crippen LogP contribution in [0.1, 0.15) is 49.7 Å². The number of fused-ring (bicyclic) bond motifs is 1. The summed E-state index contributed by atoms with van der Waals surface area (Å²) in [6, 6.07) is 17.2. The van der Waals surface area contributed by atoms with Gasteiger partial charge in [-0.2, -0.15) is 14.9 Å². The maximum Gasteiger partial charge on any atom is 0.229 e. The van der Waals surface area contributed by atoms with E-state index in [1.54, 1.807) is 29.1 Å². The second kappa shape index (κ2) is 8.91. The molecule has 9 nitrogen and oxygen atoms in total. The molecule has 2 heterocycles. The number of nitrogens with zero attached hydrogens (tertiary/aromatic N) is 6. The van der Waals surface area contributed by atoms with Crippen LogP contribution in [-0.4, -0.2) is 30.9 Å². The molecule has 1 amide bonds. The number of benzene rings is 2. The summed E-state index contributed by atoms with van der Waals surface area (Å²) in [5.74, 6) is 2.40. The SMILES string of the molecule is N#Cc1cccc(Nc2ncc3nnn(-c4cccc(CNC(=O)C5CC6CC7CC(C6)(C7)C5)c4)c3n2)c1. The third kappa shape index (κ3) is 4.16. The van der Waals surface area contributed by atoms with Crippen molar-refractivity contribution < 1.29 is 4.79 Å². The Balaban J connectivity index is 1.07. The van der Waals surface area contributed by atoms with Crippen molar-refractivity contribution in [3.8, 4) is 11.8 Å². The fourth-order valence-electron chi connectivity index (χ4n) is 7.19. The molecule has 8 rings (SSSR count). The molecule has 0 aliphatic heterocycles. The van der Waals surface area contributed by atoms with Crippen LogP contribution in [-0.2, 0) is 11.3 Å². The monoisotopic (exact) mass is 504 g/mol. The third-order valence-corrected chi connectivity index (χ3v) is 8.56. The van der Waals surface area contributed by atoms with E-state index in [0.29, 0.717) is 34.6 Å². The van der Waals surface area contributed by atoms with Crippen molar-refractivity contribution in [3.05, 3.63) is 65.9 Å². The molecule has 4 aliphatic carbocycles. The molecule has 2 N–H and O–H groups in total. The second-order valence-corrected chi connectivity index (χ2v) is 11.3. The first kappa shape index (κ1) is 22.8. The summed E-state index contributed by atoms with van der Waals surface area (Å²) >= 11 is 0. The van der Waals surface area contributed by atoms with Gasteiger partial charge in [-0.05, 0) is 91.7 Å². The zero-order valence-corrected chi connectivity index (χ0v) is 21.0. The van der Waals surface area contributed by atoms with Crippen LogP contribution < -0.4 is 10.6 Å². The van der Waals surface area contributed by atoms with Crippen LogP contribution in [0.15, 0.2) is 54.7 Å². The van der Waals surface area contributed by atoms with Gasteiger partial charge in [-0.3, -0.25) is 4.79 Å². The van der Waals surface area contributed by atoms with Gasteiger partial charge in [0.25, 0.3) is 0 Å². The van der Waals surface area contributed by atoms with Crippen molar-refractivity contribution in [1.82, 2.24) is 30.3 Å². The van der Waals surface area contributed by atoms with E-state index in [0.717, 1.165) is 41.6 Å². The Hall–Kier alpha value is -4.32. The average molecular weight is 505 g/mol. The lowest BCUT2D eigenvalue weighted by Gasteiger charge is -2.60. The summed E-state index contributed by atoms with van der Waals surface area (Å²) in [5, 5.41) is 24.0. The number of hydrogen-bond donors (Lipinski definition) is 2. The molecule has 3 bridgehead atoms. The zero-order valence-electron chi connectivity index (χ0n) is 21.0. The van der Waals surface area contributed by atoms with Gasteiger partial charge in [0, 0.05) is 18.2 Å². The minimum absolute atomic E-state index is 0.147. The van der Waals surface area contributed by atoms with E-state index in [-0.39, 0.29) is 11.8 Å². The first-order valence-corrected chi connectivity index (χ1v) is 13.3. The van der Waals surface area contributed by atoms with Crippen molar-refractivity contribution in [2.45, 2.75) is 45.1 Å². The number of hydrogen-bond acceptors (Lipinski definition) is 7. The molecule has 0 radical (unpaired) electrons. The highest BCUT2D eigenvalue weighted by atomic mass is 16.1. The quantitative estimate of drug-likeness (QED) is 0.392.